The summed E-state index contributed by atoms with van der Waals surface area (Å²) in [5.41, 5.74) is 6.89. The number of rotatable bonds is 4. The molecule has 1 aliphatic rings. The zero-order valence-electron chi connectivity index (χ0n) is 10.7. The summed E-state index contributed by atoms with van der Waals surface area (Å²) in [5, 5.41) is 3.29. The molecule has 1 fully saturated rings. The number of nitrogens with one attached hydrogen (secondary N) is 1. The van der Waals surface area contributed by atoms with Crippen LogP contribution in [0.2, 0.25) is 0 Å². The zero-order chi connectivity index (χ0) is 13.1. The molecule has 4 nitrogen and oxygen atoms in total. The Morgan fingerprint density at radius 3 is 2.94 bits per heavy atom. The van der Waals surface area contributed by atoms with E-state index < -0.39 is 5.82 Å². The van der Waals surface area contributed by atoms with Crippen LogP contribution in [0, 0.1) is 5.82 Å². The second-order valence-electron chi connectivity index (χ2n) is 4.42. The SMILES string of the molecule is CCOc1cc(NC2CCOC2C)c(N)cc1F. The summed E-state index contributed by atoms with van der Waals surface area (Å²) in [6.45, 7) is 4.98. The minimum atomic E-state index is -0.435. The number of hydrogen-bond acceptors (Lipinski definition) is 4. The van der Waals surface area contributed by atoms with Crippen molar-refractivity contribution in [3.8, 4) is 5.75 Å². The van der Waals surface area contributed by atoms with Gasteiger partial charge in [0.1, 0.15) is 0 Å². The van der Waals surface area contributed by atoms with Crippen LogP contribution in [0.25, 0.3) is 0 Å². The normalized spacial score (nSPS) is 23.1. The molecule has 1 aromatic carbocycles. The van der Waals surface area contributed by atoms with Gasteiger partial charge in [0.2, 0.25) is 0 Å². The van der Waals surface area contributed by atoms with Gasteiger partial charge in [0.05, 0.1) is 30.1 Å². The van der Waals surface area contributed by atoms with Gasteiger partial charge < -0.3 is 20.5 Å². The molecule has 5 heteroatoms. The Kier molecular flexibility index (Phi) is 3.91. The van der Waals surface area contributed by atoms with Crippen LogP contribution in [0.15, 0.2) is 12.1 Å². The molecule has 100 valence electrons. The minimum Gasteiger partial charge on any atom is -0.491 e. The van der Waals surface area contributed by atoms with Crippen molar-refractivity contribution in [3.05, 3.63) is 17.9 Å². The lowest BCUT2D eigenvalue weighted by atomic mass is 10.1. The van der Waals surface area contributed by atoms with Crippen molar-refractivity contribution in [3.63, 3.8) is 0 Å². The van der Waals surface area contributed by atoms with Gasteiger partial charge in [-0.3, -0.25) is 0 Å². The van der Waals surface area contributed by atoms with Gasteiger partial charge >= 0.3 is 0 Å². The summed E-state index contributed by atoms with van der Waals surface area (Å²) in [5.74, 6) is -0.212. The van der Waals surface area contributed by atoms with E-state index in [-0.39, 0.29) is 17.9 Å². The monoisotopic (exact) mass is 254 g/mol. The van der Waals surface area contributed by atoms with Crippen molar-refractivity contribution >= 4 is 11.4 Å². The van der Waals surface area contributed by atoms with Gasteiger partial charge in [0, 0.05) is 18.7 Å². The fraction of sp³-hybridized carbons (Fsp3) is 0.538. The Balaban J connectivity index is 2.18. The zero-order valence-corrected chi connectivity index (χ0v) is 10.7. The first-order valence-corrected chi connectivity index (χ1v) is 6.21. The van der Waals surface area contributed by atoms with Crippen LogP contribution in [0.1, 0.15) is 20.3 Å². The molecule has 2 rings (SSSR count). The average molecular weight is 254 g/mol. The highest BCUT2D eigenvalue weighted by atomic mass is 19.1. The van der Waals surface area contributed by atoms with Gasteiger partial charge in [0.25, 0.3) is 0 Å². The van der Waals surface area contributed by atoms with Crippen molar-refractivity contribution in [2.75, 3.05) is 24.3 Å². The van der Waals surface area contributed by atoms with Gasteiger partial charge in [-0.2, -0.15) is 0 Å². The molecule has 0 radical (unpaired) electrons. The van der Waals surface area contributed by atoms with E-state index in [0.29, 0.717) is 18.0 Å². The fourth-order valence-corrected chi connectivity index (χ4v) is 2.08. The molecule has 0 bridgehead atoms. The maximum atomic E-state index is 13.6. The number of benzene rings is 1. The van der Waals surface area contributed by atoms with Gasteiger partial charge in [-0.15, -0.1) is 0 Å². The van der Waals surface area contributed by atoms with Crippen LogP contribution in [0.4, 0.5) is 15.8 Å². The third-order valence-corrected chi connectivity index (χ3v) is 3.12. The Morgan fingerprint density at radius 2 is 2.33 bits per heavy atom. The van der Waals surface area contributed by atoms with E-state index >= 15 is 0 Å². The van der Waals surface area contributed by atoms with Crippen LogP contribution in [-0.2, 0) is 4.74 Å². The second-order valence-corrected chi connectivity index (χ2v) is 4.42. The van der Waals surface area contributed by atoms with Gasteiger partial charge in [0.15, 0.2) is 11.6 Å². The maximum absolute atomic E-state index is 13.6. The first-order chi connectivity index (χ1) is 8.61. The fourth-order valence-electron chi connectivity index (χ4n) is 2.08. The molecular formula is C13H19FN2O2. The van der Waals surface area contributed by atoms with Crippen LogP contribution < -0.4 is 15.8 Å². The molecule has 1 aromatic rings. The largest absolute Gasteiger partial charge is 0.491 e. The molecule has 3 N–H and O–H groups in total. The summed E-state index contributed by atoms with van der Waals surface area (Å²) in [6, 6.07) is 3.10. The first kappa shape index (κ1) is 13.0. The molecule has 0 aliphatic carbocycles. The predicted molar refractivity (Wildman–Crippen MR) is 69.4 cm³/mol. The highest BCUT2D eigenvalue weighted by Crippen LogP contribution is 2.30. The third kappa shape index (κ3) is 2.67. The molecule has 2 unspecified atom stereocenters. The molecule has 1 saturated heterocycles. The predicted octanol–water partition coefficient (Wildman–Crippen LogP) is 2.40. The highest BCUT2D eigenvalue weighted by molar-refractivity contribution is 5.69. The summed E-state index contributed by atoms with van der Waals surface area (Å²) in [4.78, 5) is 0. The highest BCUT2D eigenvalue weighted by Gasteiger charge is 2.24. The van der Waals surface area contributed by atoms with Crippen LogP contribution in [0.5, 0.6) is 5.75 Å². The third-order valence-electron chi connectivity index (χ3n) is 3.12. The van der Waals surface area contributed by atoms with Crippen LogP contribution >= 0.6 is 0 Å². The van der Waals surface area contributed by atoms with Gasteiger partial charge in [-0.05, 0) is 20.3 Å². The average Bonchev–Trinajstić information content (AvgIpc) is 2.71. The van der Waals surface area contributed by atoms with E-state index in [1.54, 1.807) is 6.07 Å². The number of nitrogen functional groups attached to an aromatic ring is 1. The second kappa shape index (κ2) is 5.44. The topological polar surface area (TPSA) is 56.5 Å². The van der Waals surface area contributed by atoms with Crippen molar-refractivity contribution in [1.29, 1.82) is 0 Å². The lowest BCUT2D eigenvalue weighted by Gasteiger charge is -2.19. The van der Waals surface area contributed by atoms with Crippen LogP contribution in [0.3, 0.4) is 0 Å². The lowest BCUT2D eigenvalue weighted by Crippen LogP contribution is -2.27. The number of halogens is 1. The summed E-state index contributed by atoms with van der Waals surface area (Å²) in [7, 11) is 0. The Morgan fingerprint density at radius 1 is 1.56 bits per heavy atom. The number of nitrogens with two attached hydrogens (primary N) is 1. The molecule has 2 atom stereocenters. The van der Waals surface area contributed by atoms with E-state index in [1.807, 2.05) is 13.8 Å². The van der Waals surface area contributed by atoms with E-state index in [4.69, 9.17) is 15.2 Å². The van der Waals surface area contributed by atoms with Crippen molar-refractivity contribution in [1.82, 2.24) is 0 Å². The summed E-state index contributed by atoms with van der Waals surface area (Å²) < 4.78 is 24.2. The van der Waals surface area contributed by atoms with Gasteiger partial charge in [-0.1, -0.05) is 0 Å². The molecule has 0 amide bonds. The Bertz CT molecular complexity index is 426. The summed E-state index contributed by atoms with van der Waals surface area (Å²) >= 11 is 0. The Hall–Kier alpha value is -1.49. The summed E-state index contributed by atoms with van der Waals surface area (Å²) in [6.07, 6.45) is 1.05. The lowest BCUT2D eigenvalue weighted by molar-refractivity contribution is 0.121. The maximum Gasteiger partial charge on any atom is 0.167 e. The van der Waals surface area contributed by atoms with Crippen molar-refractivity contribution in [2.45, 2.75) is 32.4 Å². The standard InChI is InChI=1S/C13H19FN2O2/c1-3-17-13-7-12(10(15)6-9(13)14)16-11-4-5-18-8(11)2/h6-8,11,16H,3-5,15H2,1-2H3. The molecule has 0 aromatic heterocycles. The van der Waals surface area contributed by atoms with Crippen LogP contribution in [-0.4, -0.2) is 25.4 Å². The molecular weight excluding hydrogens is 235 g/mol. The van der Waals surface area contributed by atoms with E-state index in [2.05, 4.69) is 5.32 Å². The van der Waals surface area contributed by atoms with Crippen molar-refractivity contribution in [2.24, 2.45) is 0 Å². The quantitative estimate of drug-likeness (QED) is 0.810. The molecule has 1 heterocycles. The smallest absolute Gasteiger partial charge is 0.167 e. The first-order valence-electron chi connectivity index (χ1n) is 6.21. The van der Waals surface area contributed by atoms with Gasteiger partial charge in [-0.25, -0.2) is 4.39 Å². The minimum absolute atomic E-state index is 0.130. The molecule has 1 aliphatic heterocycles. The molecule has 18 heavy (non-hydrogen) atoms. The number of anilines is 2. The molecule has 0 saturated carbocycles. The number of ether oxygens (including phenoxy) is 2. The van der Waals surface area contributed by atoms with E-state index in [9.17, 15) is 4.39 Å². The van der Waals surface area contributed by atoms with E-state index in [1.165, 1.54) is 6.07 Å². The van der Waals surface area contributed by atoms with Crippen molar-refractivity contribution < 1.29 is 13.9 Å². The Labute approximate surface area is 106 Å². The number of hydrogen-bond donors (Lipinski definition) is 2. The molecule has 0 spiro atoms. The van der Waals surface area contributed by atoms with E-state index in [0.717, 1.165) is 13.0 Å².